The van der Waals surface area contributed by atoms with E-state index >= 15 is 0 Å². The van der Waals surface area contributed by atoms with E-state index in [0.717, 1.165) is 31.4 Å². The lowest BCUT2D eigenvalue weighted by Gasteiger charge is -2.08. The molecule has 0 fully saturated rings. The van der Waals surface area contributed by atoms with Crippen LogP contribution in [0.2, 0.25) is 0 Å². The third kappa shape index (κ3) is 16.2. The standard InChI is InChI=1S/C10H23NO4S2/c1-11(2)9-7-5-3-4-6-8-10-16-15-17(12,13)14/h3-10H2,1-2H3,(H,12,13,14). The van der Waals surface area contributed by atoms with Crippen molar-refractivity contribution in [3.05, 3.63) is 0 Å². The van der Waals surface area contributed by atoms with Gasteiger partial charge in [-0.3, -0.25) is 4.55 Å². The molecule has 0 spiro atoms. The Kier molecular flexibility index (Phi) is 10.2. The molecule has 0 aromatic heterocycles. The molecule has 0 atom stereocenters. The zero-order valence-electron chi connectivity index (χ0n) is 10.6. The Morgan fingerprint density at radius 1 is 1.06 bits per heavy atom. The molecule has 1 N–H and O–H groups in total. The van der Waals surface area contributed by atoms with Crippen LogP contribution < -0.4 is 0 Å². The molecular weight excluding hydrogens is 262 g/mol. The summed E-state index contributed by atoms with van der Waals surface area (Å²) in [5, 5.41) is 0. The first-order valence-corrected chi connectivity index (χ1v) is 8.12. The van der Waals surface area contributed by atoms with Crippen molar-refractivity contribution in [3.8, 4) is 0 Å². The van der Waals surface area contributed by atoms with E-state index in [1.54, 1.807) is 0 Å². The first kappa shape index (κ1) is 17.2. The molecule has 0 saturated carbocycles. The second-order valence-corrected chi connectivity index (χ2v) is 6.29. The van der Waals surface area contributed by atoms with Crippen molar-refractivity contribution in [3.63, 3.8) is 0 Å². The number of hydrogen-bond donors (Lipinski definition) is 1. The second kappa shape index (κ2) is 10.1. The SMILES string of the molecule is CN(C)CCCCCCCCSOS(=O)(=O)O. The maximum Gasteiger partial charge on any atom is 0.408 e. The fourth-order valence-corrected chi connectivity index (χ4v) is 2.47. The molecule has 0 aromatic carbocycles. The Morgan fingerprint density at radius 2 is 1.59 bits per heavy atom. The minimum Gasteiger partial charge on any atom is -0.309 e. The molecule has 0 radical (unpaired) electrons. The minimum atomic E-state index is -4.28. The summed E-state index contributed by atoms with van der Waals surface area (Å²) < 4.78 is 32.8. The van der Waals surface area contributed by atoms with Gasteiger partial charge in [0, 0.05) is 17.8 Å². The third-order valence-electron chi connectivity index (χ3n) is 2.22. The number of unbranched alkanes of at least 4 members (excludes halogenated alkanes) is 5. The van der Waals surface area contributed by atoms with Crippen LogP contribution in [-0.4, -0.2) is 44.3 Å². The highest BCUT2D eigenvalue weighted by molar-refractivity contribution is 8.02. The van der Waals surface area contributed by atoms with Crippen LogP contribution in [0.1, 0.15) is 38.5 Å². The van der Waals surface area contributed by atoms with E-state index < -0.39 is 10.4 Å². The van der Waals surface area contributed by atoms with Crippen molar-refractivity contribution in [2.75, 3.05) is 26.4 Å². The third-order valence-corrected chi connectivity index (χ3v) is 3.75. The molecule has 0 aliphatic heterocycles. The first-order chi connectivity index (χ1) is 7.92. The predicted molar refractivity (Wildman–Crippen MR) is 71.3 cm³/mol. The zero-order chi connectivity index (χ0) is 13.1. The zero-order valence-corrected chi connectivity index (χ0v) is 12.2. The van der Waals surface area contributed by atoms with Crippen molar-refractivity contribution in [2.24, 2.45) is 0 Å². The molecule has 0 bridgehead atoms. The summed E-state index contributed by atoms with van der Waals surface area (Å²) in [7, 11) is -0.127. The van der Waals surface area contributed by atoms with Gasteiger partial charge in [-0.05, 0) is 33.5 Å². The maximum absolute atomic E-state index is 10.2. The fraction of sp³-hybridized carbons (Fsp3) is 1.00. The van der Waals surface area contributed by atoms with Crippen LogP contribution in [-0.2, 0) is 14.0 Å². The Morgan fingerprint density at radius 3 is 2.12 bits per heavy atom. The van der Waals surface area contributed by atoms with Gasteiger partial charge in [0.25, 0.3) is 0 Å². The number of nitrogens with zero attached hydrogens (tertiary/aromatic N) is 1. The molecule has 7 heteroatoms. The monoisotopic (exact) mass is 285 g/mol. The number of hydrogen-bond acceptors (Lipinski definition) is 5. The van der Waals surface area contributed by atoms with Crippen molar-refractivity contribution >= 4 is 22.4 Å². The molecule has 0 aliphatic rings. The quantitative estimate of drug-likeness (QED) is 0.357. The predicted octanol–water partition coefficient (Wildman–Crippen LogP) is 2.36. The maximum atomic E-state index is 10.2. The van der Waals surface area contributed by atoms with Crippen molar-refractivity contribution < 1.29 is 16.6 Å². The van der Waals surface area contributed by atoms with Gasteiger partial charge in [-0.25, -0.2) is 0 Å². The van der Waals surface area contributed by atoms with Crippen molar-refractivity contribution in [1.29, 1.82) is 0 Å². The largest absolute Gasteiger partial charge is 0.408 e. The Labute approximate surface area is 109 Å². The molecule has 0 rings (SSSR count). The summed E-state index contributed by atoms with van der Waals surface area (Å²) in [5.41, 5.74) is 0. The van der Waals surface area contributed by atoms with Crippen molar-refractivity contribution in [2.45, 2.75) is 38.5 Å². The molecular formula is C10H23NO4S2. The second-order valence-electron chi connectivity index (χ2n) is 4.24. The average molecular weight is 285 g/mol. The van der Waals surface area contributed by atoms with E-state index in [9.17, 15) is 8.42 Å². The van der Waals surface area contributed by atoms with Gasteiger partial charge in [0.1, 0.15) is 0 Å². The molecule has 0 unspecified atom stereocenters. The molecule has 0 aromatic rings. The van der Waals surface area contributed by atoms with Crippen LogP contribution in [0.5, 0.6) is 0 Å². The van der Waals surface area contributed by atoms with Gasteiger partial charge in [0.15, 0.2) is 0 Å². The summed E-state index contributed by atoms with van der Waals surface area (Å²) in [6.07, 6.45) is 6.84. The van der Waals surface area contributed by atoms with E-state index in [4.69, 9.17) is 4.55 Å². The Hall–Kier alpha value is 0.180. The van der Waals surface area contributed by atoms with Crippen LogP contribution in [0.15, 0.2) is 0 Å². The van der Waals surface area contributed by atoms with Crippen LogP contribution >= 0.6 is 12.0 Å². The first-order valence-electron chi connectivity index (χ1n) is 5.85. The molecule has 17 heavy (non-hydrogen) atoms. The summed E-state index contributed by atoms with van der Waals surface area (Å²) in [6.45, 7) is 1.14. The van der Waals surface area contributed by atoms with E-state index in [0.29, 0.717) is 5.75 Å². The molecule has 0 amide bonds. The molecule has 104 valence electrons. The Bertz CT molecular complexity index is 267. The lowest BCUT2D eigenvalue weighted by atomic mass is 10.1. The highest BCUT2D eigenvalue weighted by Crippen LogP contribution is 2.12. The lowest BCUT2D eigenvalue weighted by molar-refractivity contribution is 0.389. The highest BCUT2D eigenvalue weighted by Gasteiger charge is 2.03. The van der Waals surface area contributed by atoms with Crippen molar-refractivity contribution in [1.82, 2.24) is 4.90 Å². The average Bonchev–Trinajstić information content (AvgIpc) is 2.18. The molecule has 5 nitrogen and oxygen atoms in total. The van der Waals surface area contributed by atoms with Crippen LogP contribution in [0.4, 0.5) is 0 Å². The number of rotatable bonds is 11. The Balaban J connectivity index is 3.09. The van der Waals surface area contributed by atoms with Crippen LogP contribution in [0.3, 0.4) is 0 Å². The van der Waals surface area contributed by atoms with E-state index in [1.165, 1.54) is 25.7 Å². The molecule has 0 saturated heterocycles. The normalized spacial score (nSPS) is 12.2. The molecule has 0 aliphatic carbocycles. The topological polar surface area (TPSA) is 66.8 Å². The smallest absolute Gasteiger partial charge is 0.309 e. The summed E-state index contributed by atoms with van der Waals surface area (Å²) in [6, 6.07) is 0. The van der Waals surface area contributed by atoms with E-state index in [2.05, 4.69) is 22.6 Å². The van der Waals surface area contributed by atoms with Gasteiger partial charge in [-0.1, -0.05) is 25.7 Å². The van der Waals surface area contributed by atoms with E-state index in [1.807, 2.05) is 0 Å². The summed E-state index contributed by atoms with van der Waals surface area (Å²) >= 11 is 0.788. The van der Waals surface area contributed by atoms with Gasteiger partial charge in [-0.15, -0.1) is 0 Å². The lowest BCUT2D eigenvalue weighted by Crippen LogP contribution is -2.12. The van der Waals surface area contributed by atoms with Gasteiger partial charge < -0.3 is 4.90 Å². The highest BCUT2D eigenvalue weighted by atomic mass is 32.3. The fourth-order valence-electron chi connectivity index (χ4n) is 1.39. The van der Waals surface area contributed by atoms with Gasteiger partial charge in [0.2, 0.25) is 0 Å². The van der Waals surface area contributed by atoms with Gasteiger partial charge >= 0.3 is 10.4 Å². The van der Waals surface area contributed by atoms with Gasteiger partial charge in [-0.2, -0.15) is 12.0 Å². The summed E-state index contributed by atoms with van der Waals surface area (Å²) in [4.78, 5) is 2.18. The van der Waals surface area contributed by atoms with Crippen LogP contribution in [0, 0.1) is 0 Å². The minimum absolute atomic E-state index is 0.595. The van der Waals surface area contributed by atoms with Crippen LogP contribution in [0.25, 0.3) is 0 Å². The van der Waals surface area contributed by atoms with E-state index in [-0.39, 0.29) is 0 Å². The summed E-state index contributed by atoms with van der Waals surface area (Å²) in [5.74, 6) is 0.595. The molecule has 0 heterocycles. The van der Waals surface area contributed by atoms with Gasteiger partial charge in [0.05, 0.1) is 0 Å².